The molecule has 21 heavy (non-hydrogen) atoms. The van der Waals surface area contributed by atoms with Gasteiger partial charge in [-0.3, -0.25) is 15.1 Å². The Kier molecular flexibility index (Phi) is 3.42. The lowest BCUT2D eigenvalue weighted by atomic mass is 10.1. The van der Waals surface area contributed by atoms with Crippen LogP contribution in [0.25, 0.3) is 10.9 Å². The van der Waals surface area contributed by atoms with Crippen LogP contribution in [0, 0.1) is 10.1 Å². The molecular weight excluding hydrogens is 268 g/mol. The zero-order valence-electron chi connectivity index (χ0n) is 11.1. The number of benzene rings is 1. The largest absolute Gasteiger partial charge is 0.380 e. The van der Waals surface area contributed by atoms with Crippen LogP contribution in [-0.2, 0) is 6.54 Å². The van der Waals surface area contributed by atoms with E-state index in [0.29, 0.717) is 12.1 Å². The Hall–Kier alpha value is -3.02. The van der Waals surface area contributed by atoms with E-state index in [1.54, 1.807) is 30.7 Å². The number of nitrogens with zero attached hydrogens (tertiary/aromatic N) is 3. The number of fused-ring (bicyclic) bond motifs is 1. The second-order valence-corrected chi connectivity index (χ2v) is 4.50. The van der Waals surface area contributed by atoms with Crippen molar-refractivity contribution in [2.24, 2.45) is 0 Å². The Morgan fingerprint density at radius 1 is 1.10 bits per heavy atom. The highest BCUT2D eigenvalue weighted by molar-refractivity contribution is 5.96. The summed E-state index contributed by atoms with van der Waals surface area (Å²) in [4.78, 5) is 18.7. The number of rotatable bonds is 4. The van der Waals surface area contributed by atoms with Crippen molar-refractivity contribution in [3.63, 3.8) is 0 Å². The third-order valence-electron chi connectivity index (χ3n) is 3.18. The van der Waals surface area contributed by atoms with Crippen LogP contribution in [-0.4, -0.2) is 14.9 Å². The molecule has 104 valence electrons. The zero-order chi connectivity index (χ0) is 14.7. The summed E-state index contributed by atoms with van der Waals surface area (Å²) >= 11 is 0. The van der Waals surface area contributed by atoms with E-state index in [9.17, 15) is 10.1 Å². The Morgan fingerprint density at radius 3 is 2.67 bits per heavy atom. The molecule has 1 N–H and O–H groups in total. The van der Waals surface area contributed by atoms with Crippen molar-refractivity contribution in [2.75, 3.05) is 5.32 Å². The molecule has 0 aliphatic heterocycles. The van der Waals surface area contributed by atoms with Crippen molar-refractivity contribution >= 4 is 22.3 Å². The third kappa shape index (κ3) is 2.64. The van der Waals surface area contributed by atoms with Gasteiger partial charge in [-0.05, 0) is 35.9 Å². The van der Waals surface area contributed by atoms with Gasteiger partial charge in [0.1, 0.15) is 5.52 Å². The first-order chi connectivity index (χ1) is 10.3. The molecule has 3 rings (SSSR count). The van der Waals surface area contributed by atoms with Gasteiger partial charge in [-0.15, -0.1) is 0 Å². The van der Waals surface area contributed by atoms with Crippen molar-refractivity contribution < 1.29 is 4.92 Å². The Bertz CT molecular complexity index is 790. The number of nitro groups is 1. The van der Waals surface area contributed by atoms with Crippen LogP contribution in [0.2, 0.25) is 0 Å². The van der Waals surface area contributed by atoms with E-state index in [1.807, 2.05) is 18.2 Å². The lowest BCUT2D eigenvalue weighted by Gasteiger charge is -2.09. The molecule has 6 nitrogen and oxygen atoms in total. The fourth-order valence-electron chi connectivity index (χ4n) is 2.16. The molecule has 0 unspecified atom stereocenters. The van der Waals surface area contributed by atoms with Crippen molar-refractivity contribution in [3.05, 3.63) is 70.7 Å². The summed E-state index contributed by atoms with van der Waals surface area (Å²) in [6.45, 7) is 0.615. The van der Waals surface area contributed by atoms with E-state index in [0.717, 1.165) is 16.6 Å². The molecule has 0 aliphatic rings. The van der Waals surface area contributed by atoms with Crippen molar-refractivity contribution in [3.8, 4) is 0 Å². The van der Waals surface area contributed by atoms with E-state index in [2.05, 4.69) is 15.3 Å². The molecule has 0 radical (unpaired) electrons. The Balaban J connectivity index is 1.96. The van der Waals surface area contributed by atoms with Crippen molar-refractivity contribution in [2.45, 2.75) is 6.54 Å². The maximum Gasteiger partial charge on any atom is 0.295 e. The molecule has 0 saturated carbocycles. The highest BCUT2D eigenvalue weighted by Crippen LogP contribution is 2.29. The summed E-state index contributed by atoms with van der Waals surface area (Å²) in [7, 11) is 0. The molecule has 1 aromatic carbocycles. The van der Waals surface area contributed by atoms with Crippen LogP contribution < -0.4 is 5.32 Å². The Morgan fingerprint density at radius 2 is 1.90 bits per heavy atom. The van der Waals surface area contributed by atoms with Gasteiger partial charge in [0.25, 0.3) is 5.69 Å². The molecule has 0 saturated heterocycles. The van der Waals surface area contributed by atoms with Gasteiger partial charge >= 0.3 is 0 Å². The standard InChI is InChI=1S/C15H12N4O2/c20-19(21)14-4-3-13(12-2-1-7-17-15(12)14)18-10-11-5-8-16-9-6-11/h1-9,18H,10H2. The second kappa shape index (κ2) is 5.54. The lowest BCUT2D eigenvalue weighted by Crippen LogP contribution is -2.01. The molecule has 0 atom stereocenters. The van der Waals surface area contributed by atoms with E-state index < -0.39 is 4.92 Å². The summed E-state index contributed by atoms with van der Waals surface area (Å²) in [5.74, 6) is 0. The van der Waals surface area contributed by atoms with Crippen LogP contribution in [0.5, 0.6) is 0 Å². The van der Waals surface area contributed by atoms with Crippen molar-refractivity contribution in [1.82, 2.24) is 9.97 Å². The normalized spacial score (nSPS) is 10.5. The van der Waals surface area contributed by atoms with E-state index >= 15 is 0 Å². The quantitative estimate of drug-likeness (QED) is 0.586. The lowest BCUT2D eigenvalue weighted by molar-refractivity contribution is -0.383. The minimum Gasteiger partial charge on any atom is -0.380 e. The number of hydrogen-bond donors (Lipinski definition) is 1. The van der Waals surface area contributed by atoms with Gasteiger partial charge in [0.2, 0.25) is 0 Å². The fraction of sp³-hybridized carbons (Fsp3) is 0.0667. The molecule has 6 heteroatoms. The van der Waals surface area contributed by atoms with Gasteiger partial charge in [0.05, 0.1) is 4.92 Å². The first-order valence-electron chi connectivity index (χ1n) is 6.40. The average Bonchev–Trinajstić information content (AvgIpc) is 2.53. The number of non-ortho nitro benzene ring substituents is 1. The molecular formula is C15H12N4O2. The number of pyridine rings is 2. The molecule has 0 amide bonds. The minimum atomic E-state index is -0.415. The van der Waals surface area contributed by atoms with Crippen LogP contribution in [0.3, 0.4) is 0 Å². The maximum absolute atomic E-state index is 11.0. The van der Waals surface area contributed by atoms with Gasteiger partial charge in [-0.2, -0.15) is 0 Å². The van der Waals surface area contributed by atoms with Crippen molar-refractivity contribution in [1.29, 1.82) is 0 Å². The minimum absolute atomic E-state index is 0.0139. The monoisotopic (exact) mass is 280 g/mol. The summed E-state index contributed by atoms with van der Waals surface area (Å²) in [6.07, 6.45) is 5.01. The number of nitrogens with one attached hydrogen (secondary N) is 1. The molecule has 0 bridgehead atoms. The number of anilines is 1. The van der Waals surface area contributed by atoms with Gasteiger partial charge in [-0.25, -0.2) is 4.98 Å². The summed E-state index contributed by atoms with van der Waals surface area (Å²) in [5.41, 5.74) is 2.31. The first-order valence-corrected chi connectivity index (χ1v) is 6.40. The van der Waals surface area contributed by atoms with Gasteiger partial charge < -0.3 is 5.32 Å². The van der Waals surface area contributed by atoms with Gasteiger partial charge in [0.15, 0.2) is 0 Å². The summed E-state index contributed by atoms with van der Waals surface area (Å²) in [5, 5.41) is 15.1. The van der Waals surface area contributed by atoms with E-state index in [-0.39, 0.29) is 5.69 Å². The van der Waals surface area contributed by atoms with Crippen LogP contribution in [0.15, 0.2) is 55.0 Å². The van der Waals surface area contributed by atoms with Gasteiger partial charge in [0, 0.05) is 42.3 Å². The SMILES string of the molecule is O=[N+]([O-])c1ccc(NCc2ccncc2)c2cccnc12. The molecule has 0 spiro atoms. The maximum atomic E-state index is 11.0. The number of hydrogen-bond acceptors (Lipinski definition) is 5. The zero-order valence-corrected chi connectivity index (χ0v) is 11.1. The highest BCUT2D eigenvalue weighted by Gasteiger charge is 2.14. The Labute approximate surface area is 120 Å². The van der Waals surface area contributed by atoms with Crippen LogP contribution >= 0.6 is 0 Å². The number of nitro benzene ring substituents is 1. The topological polar surface area (TPSA) is 81.0 Å². The predicted molar refractivity (Wildman–Crippen MR) is 80.0 cm³/mol. The predicted octanol–water partition coefficient (Wildman–Crippen LogP) is 3.15. The van der Waals surface area contributed by atoms with Crippen LogP contribution in [0.4, 0.5) is 11.4 Å². The van der Waals surface area contributed by atoms with E-state index in [4.69, 9.17) is 0 Å². The van der Waals surface area contributed by atoms with Crippen LogP contribution in [0.1, 0.15) is 5.56 Å². The molecule has 0 fully saturated rings. The summed E-state index contributed by atoms with van der Waals surface area (Å²) in [6, 6.07) is 10.6. The smallest absolute Gasteiger partial charge is 0.295 e. The van der Waals surface area contributed by atoms with E-state index in [1.165, 1.54) is 6.07 Å². The third-order valence-corrected chi connectivity index (χ3v) is 3.18. The molecule has 0 aliphatic carbocycles. The molecule has 2 heterocycles. The second-order valence-electron chi connectivity index (χ2n) is 4.50. The highest BCUT2D eigenvalue weighted by atomic mass is 16.6. The average molecular weight is 280 g/mol. The van der Waals surface area contributed by atoms with Gasteiger partial charge in [-0.1, -0.05) is 0 Å². The number of aromatic nitrogens is 2. The molecule has 3 aromatic rings. The fourth-order valence-corrected chi connectivity index (χ4v) is 2.16. The first kappa shape index (κ1) is 13.0. The summed E-state index contributed by atoms with van der Waals surface area (Å²) < 4.78 is 0. The molecule has 2 aromatic heterocycles.